The van der Waals surface area contributed by atoms with Crippen LogP contribution in [0, 0.1) is 0 Å². The number of carbonyl (C=O) groups excluding carboxylic acids is 3. The van der Waals surface area contributed by atoms with Gasteiger partial charge >= 0.3 is 5.97 Å². The van der Waals surface area contributed by atoms with Crippen LogP contribution in [-0.4, -0.2) is 47.2 Å². The molecule has 0 radical (unpaired) electrons. The van der Waals surface area contributed by atoms with Gasteiger partial charge in [0.15, 0.2) is 6.61 Å². The Bertz CT molecular complexity index is 852. The lowest BCUT2D eigenvalue weighted by Gasteiger charge is -2.13. The number of nitrogens with one attached hydrogen (secondary N) is 1. The van der Waals surface area contributed by atoms with E-state index in [1.807, 2.05) is 0 Å². The maximum Gasteiger partial charge on any atom is 0.310 e. The van der Waals surface area contributed by atoms with Crippen LogP contribution in [0.25, 0.3) is 0 Å². The van der Waals surface area contributed by atoms with Crippen molar-refractivity contribution in [3.8, 4) is 0 Å². The van der Waals surface area contributed by atoms with Crippen LogP contribution in [0.4, 0.5) is 0 Å². The van der Waals surface area contributed by atoms with E-state index in [9.17, 15) is 14.4 Å². The maximum absolute atomic E-state index is 12.3. The molecule has 0 atom stereocenters. The molecule has 2 heterocycles. The number of H-pyrrole nitrogens is 1. The molecule has 1 aromatic heterocycles. The quantitative estimate of drug-likeness (QED) is 0.585. The SMILES string of the molecule is O=C(Cc1c(Cl)cccc1Cl)OCC(=O)c1c[nH]c(C(=O)N2CCCC2)c1. The lowest BCUT2D eigenvalue weighted by molar-refractivity contribution is -0.141. The van der Waals surface area contributed by atoms with Gasteiger partial charge in [-0.05, 0) is 31.0 Å². The second-order valence-corrected chi connectivity index (χ2v) is 7.08. The van der Waals surface area contributed by atoms with Crippen molar-refractivity contribution in [2.24, 2.45) is 0 Å². The van der Waals surface area contributed by atoms with Crippen LogP contribution >= 0.6 is 23.2 Å². The molecule has 0 spiro atoms. The van der Waals surface area contributed by atoms with Gasteiger partial charge in [0, 0.05) is 40.5 Å². The van der Waals surface area contributed by atoms with Gasteiger partial charge in [-0.25, -0.2) is 0 Å². The van der Waals surface area contributed by atoms with Crippen molar-refractivity contribution in [1.82, 2.24) is 9.88 Å². The third-order valence-electron chi connectivity index (χ3n) is 4.38. The molecule has 2 aromatic rings. The third kappa shape index (κ3) is 4.70. The first-order chi connectivity index (χ1) is 13.0. The topological polar surface area (TPSA) is 79.5 Å². The van der Waals surface area contributed by atoms with Crippen molar-refractivity contribution in [3.63, 3.8) is 0 Å². The molecule has 8 heteroatoms. The predicted octanol–water partition coefficient (Wildman–Crippen LogP) is 3.53. The molecule has 1 saturated heterocycles. The fourth-order valence-corrected chi connectivity index (χ4v) is 3.43. The van der Waals surface area contributed by atoms with E-state index in [1.165, 1.54) is 12.3 Å². The van der Waals surface area contributed by atoms with E-state index in [2.05, 4.69) is 4.98 Å². The number of hydrogen-bond donors (Lipinski definition) is 1. The van der Waals surface area contributed by atoms with Gasteiger partial charge in [-0.3, -0.25) is 14.4 Å². The number of halogens is 2. The summed E-state index contributed by atoms with van der Waals surface area (Å²) in [6.07, 6.45) is 3.30. The molecule has 1 fully saturated rings. The highest BCUT2D eigenvalue weighted by Gasteiger charge is 2.22. The van der Waals surface area contributed by atoms with Crippen LogP contribution in [0.15, 0.2) is 30.5 Å². The molecule has 6 nitrogen and oxygen atoms in total. The number of hydrogen-bond acceptors (Lipinski definition) is 4. The monoisotopic (exact) mass is 408 g/mol. The van der Waals surface area contributed by atoms with Crippen LogP contribution in [0.1, 0.15) is 39.3 Å². The Labute approximate surface area is 166 Å². The van der Waals surface area contributed by atoms with Crippen molar-refractivity contribution in [3.05, 3.63) is 57.3 Å². The van der Waals surface area contributed by atoms with Crippen LogP contribution in [-0.2, 0) is 16.0 Å². The van der Waals surface area contributed by atoms with Crippen LogP contribution in [0.2, 0.25) is 10.0 Å². The predicted molar refractivity (Wildman–Crippen MR) is 101 cm³/mol. The number of aromatic nitrogens is 1. The number of nitrogens with zero attached hydrogens (tertiary/aromatic N) is 1. The summed E-state index contributed by atoms with van der Waals surface area (Å²) in [6, 6.07) is 6.41. The number of Topliss-reactive ketones (excluding diaryl/α,β-unsaturated/α-hetero) is 1. The Balaban J connectivity index is 1.55. The van der Waals surface area contributed by atoms with Gasteiger partial charge in [-0.15, -0.1) is 0 Å². The molecule has 0 bridgehead atoms. The van der Waals surface area contributed by atoms with E-state index in [0.29, 0.717) is 26.9 Å². The Morgan fingerprint density at radius 1 is 1.11 bits per heavy atom. The van der Waals surface area contributed by atoms with Crippen molar-refractivity contribution in [1.29, 1.82) is 0 Å². The average Bonchev–Trinajstić information content (AvgIpc) is 3.34. The molecule has 1 aliphatic heterocycles. The fourth-order valence-electron chi connectivity index (χ4n) is 2.90. The zero-order valence-corrected chi connectivity index (χ0v) is 16.0. The summed E-state index contributed by atoms with van der Waals surface area (Å²) in [4.78, 5) is 41.0. The number of carbonyl (C=O) groups is 3. The summed E-state index contributed by atoms with van der Waals surface area (Å²) in [7, 11) is 0. The van der Waals surface area contributed by atoms with Gasteiger partial charge < -0.3 is 14.6 Å². The molecule has 1 N–H and O–H groups in total. The number of rotatable bonds is 6. The first kappa shape index (κ1) is 19.5. The van der Waals surface area contributed by atoms with Gasteiger partial charge in [0.2, 0.25) is 5.78 Å². The number of amides is 1. The van der Waals surface area contributed by atoms with Gasteiger partial charge in [-0.2, -0.15) is 0 Å². The van der Waals surface area contributed by atoms with E-state index >= 15 is 0 Å². The molecule has 0 aliphatic carbocycles. The third-order valence-corrected chi connectivity index (χ3v) is 5.08. The number of likely N-dealkylation sites (tertiary alicyclic amines) is 1. The average molecular weight is 409 g/mol. The highest BCUT2D eigenvalue weighted by Crippen LogP contribution is 2.25. The van der Waals surface area contributed by atoms with Crippen LogP contribution in [0.3, 0.4) is 0 Å². The number of ketones is 1. The molecule has 3 rings (SSSR count). The van der Waals surface area contributed by atoms with Crippen LogP contribution < -0.4 is 0 Å². The number of aromatic amines is 1. The van der Waals surface area contributed by atoms with E-state index < -0.39 is 18.4 Å². The largest absolute Gasteiger partial charge is 0.457 e. The molecule has 27 heavy (non-hydrogen) atoms. The highest BCUT2D eigenvalue weighted by atomic mass is 35.5. The van der Waals surface area contributed by atoms with Gasteiger partial charge in [0.05, 0.1) is 6.42 Å². The zero-order valence-electron chi connectivity index (χ0n) is 14.5. The Morgan fingerprint density at radius 3 is 2.44 bits per heavy atom. The van der Waals surface area contributed by atoms with Crippen molar-refractivity contribution in [2.75, 3.05) is 19.7 Å². The summed E-state index contributed by atoms with van der Waals surface area (Å²) in [5.41, 5.74) is 1.11. The molecular weight excluding hydrogens is 391 g/mol. The number of benzene rings is 1. The summed E-state index contributed by atoms with van der Waals surface area (Å²) < 4.78 is 5.03. The van der Waals surface area contributed by atoms with E-state index in [4.69, 9.17) is 27.9 Å². The number of esters is 1. The molecule has 0 unspecified atom stereocenters. The minimum Gasteiger partial charge on any atom is -0.457 e. The summed E-state index contributed by atoms with van der Waals surface area (Å²) in [5.74, 6) is -1.13. The molecule has 1 aromatic carbocycles. The van der Waals surface area contributed by atoms with Gasteiger partial charge in [0.25, 0.3) is 5.91 Å². The Kier molecular flexibility index (Phi) is 6.19. The van der Waals surface area contributed by atoms with E-state index in [0.717, 1.165) is 25.9 Å². The normalized spacial score (nSPS) is 13.6. The standard InChI is InChI=1S/C19H18Cl2N2O4/c20-14-4-3-5-15(21)13(14)9-18(25)27-11-17(24)12-8-16(22-10-12)19(26)23-6-1-2-7-23/h3-5,8,10,22H,1-2,6-7,9,11H2. The van der Waals surface area contributed by atoms with Crippen LogP contribution in [0.5, 0.6) is 0 Å². The molecular formula is C19H18Cl2N2O4. The second-order valence-electron chi connectivity index (χ2n) is 6.26. The Hall–Kier alpha value is -2.31. The first-order valence-corrected chi connectivity index (χ1v) is 9.30. The van der Waals surface area contributed by atoms with Crippen molar-refractivity contribution < 1.29 is 19.1 Å². The second kappa shape index (κ2) is 8.59. The van der Waals surface area contributed by atoms with Gasteiger partial charge in [0.1, 0.15) is 5.69 Å². The van der Waals surface area contributed by atoms with E-state index in [-0.39, 0.29) is 12.3 Å². The van der Waals surface area contributed by atoms with Crippen molar-refractivity contribution >= 4 is 40.9 Å². The van der Waals surface area contributed by atoms with Crippen molar-refractivity contribution in [2.45, 2.75) is 19.3 Å². The summed E-state index contributed by atoms with van der Waals surface area (Å²) >= 11 is 12.0. The molecule has 0 saturated carbocycles. The highest BCUT2D eigenvalue weighted by molar-refractivity contribution is 6.36. The summed E-state index contributed by atoms with van der Waals surface area (Å²) in [6.45, 7) is 1.03. The fraction of sp³-hybridized carbons (Fsp3) is 0.316. The lowest BCUT2D eigenvalue weighted by atomic mass is 10.1. The minimum atomic E-state index is -0.609. The Morgan fingerprint density at radius 2 is 1.78 bits per heavy atom. The van der Waals surface area contributed by atoms with Gasteiger partial charge in [-0.1, -0.05) is 29.3 Å². The zero-order chi connectivity index (χ0) is 19.4. The molecule has 1 amide bonds. The maximum atomic E-state index is 12.3. The number of ether oxygens (including phenoxy) is 1. The minimum absolute atomic E-state index is 0.127. The first-order valence-electron chi connectivity index (χ1n) is 8.55. The lowest BCUT2D eigenvalue weighted by Crippen LogP contribution is -2.27. The smallest absolute Gasteiger partial charge is 0.310 e. The summed E-state index contributed by atoms with van der Waals surface area (Å²) in [5, 5.41) is 0.725. The molecule has 1 aliphatic rings. The van der Waals surface area contributed by atoms with E-state index in [1.54, 1.807) is 23.1 Å². The molecule has 142 valence electrons.